The molecule has 0 aliphatic carbocycles. The lowest BCUT2D eigenvalue weighted by molar-refractivity contribution is -0.0943. The van der Waals surface area contributed by atoms with Crippen LogP contribution in [0.15, 0.2) is 29.8 Å². The molecule has 1 heterocycles. The van der Waals surface area contributed by atoms with E-state index in [4.69, 9.17) is 16.9 Å². The summed E-state index contributed by atoms with van der Waals surface area (Å²) in [6.07, 6.45) is -3.19. The molecule has 100 valence electrons. The summed E-state index contributed by atoms with van der Waals surface area (Å²) in [6.45, 7) is 0.351. The Kier molecular flexibility index (Phi) is 3.72. The molecule has 6 heteroatoms. The number of benzene rings is 1. The van der Waals surface area contributed by atoms with Gasteiger partial charge in [-0.15, -0.1) is 0 Å². The summed E-state index contributed by atoms with van der Waals surface area (Å²) in [4.78, 5) is 1.72. The Bertz CT molecular complexity index is 558. The molecule has 0 radical (unpaired) electrons. The Balaban J connectivity index is 2.26. The van der Waals surface area contributed by atoms with Crippen molar-refractivity contribution >= 4 is 17.3 Å². The van der Waals surface area contributed by atoms with Gasteiger partial charge < -0.3 is 4.90 Å². The van der Waals surface area contributed by atoms with Crippen LogP contribution in [0.4, 0.5) is 18.9 Å². The van der Waals surface area contributed by atoms with Gasteiger partial charge in [0.25, 0.3) is 0 Å². The normalized spacial score (nSPS) is 15.9. The number of rotatable bonds is 1. The summed E-state index contributed by atoms with van der Waals surface area (Å²) in [5, 5.41) is 9.37. The van der Waals surface area contributed by atoms with Gasteiger partial charge in [-0.3, -0.25) is 0 Å². The number of nitrogens with zero attached hydrogens (tertiary/aromatic N) is 2. The van der Waals surface area contributed by atoms with Gasteiger partial charge in [-0.25, -0.2) is 0 Å². The Morgan fingerprint density at radius 3 is 2.58 bits per heavy atom. The fourth-order valence-electron chi connectivity index (χ4n) is 2.03. The average molecular weight is 287 g/mol. The summed E-state index contributed by atoms with van der Waals surface area (Å²) < 4.78 is 37.6. The summed E-state index contributed by atoms with van der Waals surface area (Å²) in [6, 6.07) is 6.95. The zero-order valence-electron chi connectivity index (χ0n) is 9.84. The minimum absolute atomic E-state index is 0.0825. The van der Waals surface area contributed by atoms with Crippen molar-refractivity contribution in [1.29, 1.82) is 5.26 Å². The van der Waals surface area contributed by atoms with E-state index >= 15 is 0 Å². The highest BCUT2D eigenvalue weighted by atomic mass is 35.5. The third kappa shape index (κ3) is 2.85. The molecule has 0 N–H and O–H groups in total. The van der Waals surface area contributed by atoms with E-state index in [9.17, 15) is 13.2 Å². The van der Waals surface area contributed by atoms with Crippen LogP contribution in [0.25, 0.3) is 0 Å². The van der Waals surface area contributed by atoms with Crippen molar-refractivity contribution in [2.75, 3.05) is 18.0 Å². The van der Waals surface area contributed by atoms with Gasteiger partial charge in [-0.1, -0.05) is 23.7 Å². The highest BCUT2D eigenvalue weighted by Crippen LogP contribution is 2.33. The number of alkyl halides is 3. The van der Waals surface area contributed by atoms with Gasteiger partial charge in [0.2, 0.25) is 0 Å². The number of anilines is 1. The Hall–Kier alpha value is -1.67. The van der Waals surface area contributed by atoms with Crippen LogP contribution < -0.4 is 4.90 Å². The molecular weight excluding hydrogens is 277 g/mol. The lowest BCUT2D eigenvalue weighted by Gasteiger charge is -2.29. The fraction of sp³-hybridized carbons (Fsp3) is 0.308. The molecule has 0 bridgehead atoms. The van der Waals surface area contributed by atoms with Gasteiger partial charge in [0.1, 0.15) is 6.07 Å². The predicted octanol–water partition coefficient (Wildman–Crippen LogP) is 3.91. The van der Waals surface area contributed by atoms with Crippen LogP contribution in [0.1, 0.15) is 12.0 Å². The molecule has 0 atom stereocenters. The van der Waals surface area contributed by atoms with Crippen LogP contribution >= 0.6 is 11.6 Å². The van der Waals surface area contributed by atoms with Crippen LogP contribution in [0.2, 0.25) is 5.02 Å². The highest BCUT2D eigenvalue weighted by molar-refractivity contribution is 6.32. The van der Waals surface area contributed by atoms with E-state index in [2.05, 4.69) is 0 Å². The molecule has 2 nitrogen and oxygen atoms in total. The van der Waals surface area contributed by atoms with Gasteiger partial charge in [0.15, 0.2) is 0 Å². The van der Waals surface area contributed by atoms with Crippen LogP contribution in [0, 0.1) is 11.3 Å². The molecular formula is C13H10ClF3N2. The summed E-state index contributed by atoms with van der Waals surface area (Å²) >= 11 is 5.91. The first-order valence-corrected chi connectivity index (χ1v) is 6.01. The Morgan fingerprint density at radius 1 is 1.32 bits per heavy atom. The molecule has 0 saturated carbocycles. The van der Waals surface area contributed by atoms with Crippen molar-refractivity contribution in [3.8, 4) is 6.07 Å². The third-order valence-electron chi connectivity index (χ3n) is 3.02. The van der Waals surface area contributed by atoms with E-state index < -0.39 is 11.7 Å². The van der Waals surface area contributed by atoms with Crippen molar-refractivity contribution < 1.29 is 13.2 Å². The molecule has 1 aromatic rings. The zero-order valence-corrected chi connectivity index (χ0v) is 10.6. The Labute approximate surface area is 113 Å². The average Bonchev–Trinajstić information content (AvgIpc) is 2.37. The van der Waals surface area contributed by atoms with Crippen molar-refractivity contribution in [2.45, 2.75) is 12.6 Å². The van der Waals surface area contributed by atoms with E-state index in [0.29, 0.717) is 16.3 Å². The van der Waals surface area contributed by atoms with Gasteiger partial charge in [-0.2, -0.15) is 18.4 Å². The van der Waals surface area contributed by atoms with Crippen molar-refractivity contribution in [3.63, 3.8) is 0 Å². The van der Waals surface area contributed by atoms with E-state index in [1.165, 1.54) is 0 Å². The van der Waals surface area contributed by atoms with Crippen molar-refractivity contribution in [1.82, 2.24) is 0 Å². The summed E-state index contributed by atoms with van der Waals surface area (Å²) in [5.41, 5.74) is 0.366. The van der Waals surface area contributed by atoms with Crippen molar-refractivity contribution in [2.24, 2.45) is 0 Å². The zero-order chi connectivity index (χ0) is 14.0. The molecule has 2 rings (SSSR count). The first-order valence-electron chi connectivity index (χ1n) is 5.63. The molecule has 0 aromatic heterocycles. The molecule has 0 spiro atoms. The first kappa shape index (κ1) is 13.8. The van der Waals surface area contributed by atoms with E-state index in [-0.39, 0.29) is 19.5 Å². The second-order valence-corrected chi connectivity index (χ2v) is 4.58. The molecule has 0 fully saturated rings. The minimum Gasteiger partial charge on any atom is -0.366 e. The molecule has 0 unspecified atom stereocenters. The topological polar surface area (TPSA) is 27.0 Å². The predicted molar refractivity (Wildman–Crippen MR) is 67.1 cm³/mol. The lowest BCUT2D eigenvalue weighted by atomic mass is 10.1. The van der Waals surface area contributed by atoms with Crippen LogP contribution in [-0.4, -0.2) is 19.3 Å². The van der Waals surface area contributed by atoms with Crippen LogP contribution in [-0.2, 0) is 0 Å². The van der Waals surface area contributed by atoms with Crippen molar-refractivity contribution in [3.05, 3.63) is 40.4 Å². The summed E-state index contributed by atoms with van der Waals surface area (Å²) in [5.74, 6) is 0. The number of halogens is 4. The minimum atomic E-state index is -4.27. The van der Waals surface area contributed by atoms with Gasteiger partial charge in [0.05, 0.1) is 16.3 Å². The van der Waals surface area contributed by atoms with Crippen LogP contribution in [0.3, 0.4) is 0 Å². The number of hydrogen-bond acceptors (Lipinski definition) is 2. The number of nitriles is 1. The monoisotopic (exact) mass is 286 g/mol. The second-order valence-electron chi connectivity index (χ2n) is 4.17. The maximum Gasteiger partial charge on any atom is 0.412 e. The molecule has 1 aliphatic heterocycles. The quantitative estimate of drug-likeness (QED) is 0.732. The molecule has 19 heavy (non-hydrogen) atoms. The van der Waals surface area contributed by atoms with Gasteiger partial charge in [-0.05, 0) is 18.6 Å². The standard InChI is InChI=1S/C13H10ClF3N2/c14-11-2-1-3-12(10(11)8-18)19-6-4-9(5-7-19)13(15,16)17/h1-4H,5-7H2. The third-order valence-corrected chi connectivity index (χ3v) is 3.33. The highest BCUT2D eigenvalue weighted by Gasteiger charge is 2.35. The van der Waals surface area contributed by atoms with Gasteiger partial charge >= 0.3 is 6.18 Å². The smallest absolute Gasteiger partial charge is 0.366 e. The van der Waals surface area contributed by atoms with E-state index in [1.54, 1.807) is 23.1 Å². The van der Waals surface area contributed by atoms with E-state index in [1.807, 2.05) is 6.07 Å². The maximum absolute atomic E-state index is 12.5. The summed E-state index contributed by atoms with van der Waals surface area (Å²) in [7, 11) is 0. The van der Waals surface area contributed by atoms with E-state index in [0.717, 1.165) is 6.08 Å². The molecule has 0 amide bonds. The molecule has 1 aliphatic rings. The molecule has 0 saturated heterocycles. The SMILES string of the molecule is N#Cc1c(Cl)cccc1N1CC=C(C(F)(F)F)CC1. The lowest BCUT2D eigenvalue weighted by Crippen LogP contribution is -2.32. The first-order chi connectivity index (χ1) is 8.93. The number of hydrogen-bond donors (Lipinski definition) is 0. The largest absolute Gasteiger partial charge is 0.412 e. The maximum atomic E-state index is 12.5. The fourth-order valence-corrected chi connectivity index (χ4v) is 2.24. The molecule has 1 aromatic carbocycles. The van der Waals surface area contributed by atoms with Gasteiger partial charge in [0, 0.05) is 18.7 Å². The van der Waals surface area contributed by atoms with Crippen LogP contribution in [0.5, 0.6) is 0 Å². The Morgan fingerprint density at radius 2 is 2.05 bits per heavy atom. The second kappa shape index (κ2) is 5.14.